The van der Waals surface area contributed by atoms with Gasteiger partial charge in [-0.25, -0.2) is 4.98 Å². The summed E-state index contributed by atoms with van der Waals surface area (Å²) in [5, 5.41) is 3.66. The van der Waals surface area contributed by atoms with Crippen LogP contribution in [0.3, 0.4) is 0 Å². The molecule has 0 unspecified atom stereocenters. The lowest BCUT2D eigenvalue weighted by molar-refractivity contribution is -0.121. The number of carbonyl (C=O) groups is 2. The number of fused-ring (bicyclic) bond motifs is 1. The lowest BCUT2D eigenvalue weighted by Gasteiger charge is -2.04. The maximum atomic E-state index is 12.2. The fraction of sp³-hybridized carbons (Fsp3) is 0.208. The summed E-state index contributed by atoms with van der Waals surface area (Å²) in [7, 11) is 1.58. The zero-order valence-corrected chi connectivity index (χ0v) is 17.9. The molecule has 6 nitrogen and oxygen atoms in total. The molecule has 0 fully saturated rings. The molecule has 0 radical (unpaired) electrons. The third-order valence-electron chi connectivity index (χ3n) is 4.85. The van der Waals surface area contributed by atoms with Crippen LogP contribution in [0.1, 0.15) is 35.4 Å². The van der Waals surface area contributed by atoms with Crippen molar-refractivity contribution in [2.45, 2.75) is 25.8 Å². The van der Waals surface area contributed by atoms with Crippen molar-refractivity contribution >= 4 is 33.2 Å². The number of furan rings is 1. The maximum Gasteiger partial charge on any atom is 0.220 e. The Morgan fingerprint density at radius 2 is 1.84 bits per heavy atom. The monoisotopic (exact) mass is 434 g/mol. The van der Waals surface area contributed by atoms with E-state index < -0.39 is 0 Å². The van der Waals surface area contributed by atoms with Crippen LogP contribution in [-0.4, -0.2) is 23.8 Å². The number of thiazole rings is 1. The Balaban J connectivity index is 1.23. The minimum atomic E-state index is -0.111. The predicted octanol–water partition coefficient (Wildman–Crippen LogP) is 5.23. The maximum absolute atomic E-state index is 12.2. The molecule has 1 N–H and O–H groups in total. The highest BCUT2D eigenvalue weighted by Crippen LogP contribution is 2.31. The van der Waals surface area contributed by atoms with Crippen molar-refractivity contribution in [2.24, 2.45) is 0 Å². The van der Waals surface area contributed by atoms with Crippen LogP contribution in [0.4, 0.5) is 0 Å². The van der Waals surface area contributed by atoms with Gasteiger partial charge in [0.2, 0.25) is 5.91 Å². The summed E-state index contributed by atoms with van der Waals surface area (Å²) >= 11 is 1.57. The van der Waals surface area contributed by atoms with E-state index in [1.54, 1.807) is 42.7 Å². The van der Waals surface area contributed by atoms with Gasteiger partial charge in [0.15, 0.2) is 16.6 Å². The fourth-order valence-electron chi connectivity index (χ4n) is 3.17. The first-order valence-corrected chi connectivity index (χ1v) is 10.8. The highest BCUT2D eigenvalue weighted by molar-refractivity contribution is 7.21. The third kappa shape index (κ3) is 5.19. The van der Waals surface area contributed by atoms with Gasteiger partial charge in [-0.3, -0.25) is 9.59 Å². The van der Waals surface area contributed by atoms with Crippen LogP contribution >= 0.6 is 11.3 Å². The Labute approximate surface area is 183 Å². The van der Waals surface area contributed by atoms with E-state index in [2.05, 4.69) is 10.3 Å². The molecular weight excluding hydrogens is 412 g/mol. The average Bonchev–Trinajstić information content (AvgIpc) is 3.44. The van der Waals surface area contributed by atoms with Gasteiger partial charge in [-0.05, 0) is 55.0 Å². The van der Waals surface area contributed by atoms with E-state index in [0.29, 0.717) is 42.2 Å². The first kappa shape index (κ1) is 20.8. The second-order valence-electron chi connectivity index (χ2n) is 7.03. The molecule has 4 rings (SSSR count). The fourth-order valence-corrected chi connectivity index (χ4v) is 4.10. The zero-order chi connectivity index (χ0) is 21.6. The number of hydrogen-bond acceptors (Lipinski definition) is 6. The molecule has 0 bridgehead atoms. The highest BCUT2D eigenvalue weighted by atomic mass is 32.1. The summed E-state index contributed by atoms with van der Waals surface area (Å²) in [5.41, 5.74) is 1.57. The van der Waals surface area contributed by atoms with Gasteiger partial charge in [0.25, 0.3) is 0 Å². The van der Waals surface area contributed by atoms with Crippen LogP contribution in [0.5, 0.6) is 5.75 Å². The van der Waals surface area contributed by atoms with E-state index in [1.165, 1.54) is 0 Å². The molecule has 4 aromatic rings. The van der Waals surface area contributed by atoms with Crippen LogP contribution in [0.25, 0.3) is 21.0 Å². The van der Waals surface area contributed by atoms with E-state index in [4.69, 9.17) is 9.15 Å². The number of ether oxygens (including phenoxy) is 1. The first-order chi connectivity index (χ1) is 15.1. The Morgan fingerprint density at radius 1 is 1.03 bits per heavy atom. The van der Waals surface area contributed by atoms with Gasteiger partial charge in [0.05, 0.1) is 23.9 Å². The number of aromatic nitrogens is 1. The summed E-state index contributed by atoms with van der Waals surface area (Å²) in [6, 6.07) is 18.6. The van der Waals surface area contributed by atoms with Crippen molar-refractivity contribution in [3.8, 4) is 16.5 Å². The number of nitrogens with zero attached hydrogens (tertiary/aromatic N) is 1. The van der Waals surface area contributed by atoms with Gasteiger partial charge in [-0.2, -0.15) is 0 Å². The van der Waals surface area contributed by atoms with Crippen LogP contribution in [0.15, 0.2) is 65.1 Å². The van der Waals surface area contributed by atoms with Crippen molar-refractivity contribution in [2.75, 3.05) is 7.11 Å². The standard InChI is InChI=1S/C24H22N2O4S/c1-29-17-11-9-16(10-12-17)20(27)6-4-8-23(28)25-15-18-13-14-21(30-18)24-26-19-5-2-3-7-22(19)31-24/h2-3,5,7,9-14H,4,6,8,15H2,1H3,(H,25,28). The lowest BCUT2D eigenvalue weighted by atomic mass is 10.1. The molecule has 1 amide bonds. The van der Waals surface area contributed by atoms with Crippen molar-refractivity contribution in [1.29, 1.82) is 0 Å². The smallest absolute Gasteiger partial charge is 0.220 e. The Bertz CT molecular complexity index is 1160. The number of benzene rings is 2. The number of nitrogens with one attached hydrogen (secondary N) is 1. The van der Waals surface area contributed by atoms with E-state index in [9.17, 15) is 9.59 Å². The molecule has 0 aliphatic carbocycles. The van der Waals surface area contributed by atoms with Crippen molar-refractivity contribution in [3.05, 3.63) is 72.0 Å². The van der Waals surface area contributed by atoms with Gasteiger partial charge in [0.1, 0.15) is 11.5 Å². The molecule has 0 aliphatic rings. The highest BCUT2D eigenvalue weighted by Gasteiger charge is 2.12. The summed E-state index contributed by atoms with van der Waals surface area (Å²) in [6.07, 6.45) is 1.10. The zero-order valence-electron chi connectivity index (χ0n) is 17.1. The normalized spacial score (nSPS) is 10.9. The molecule has 7 heteroatoms. The van der Waals surface area contributed by atoms with Crippen LogP contribution in [0.2, 0.25) is 0 Å². The number of carbonyl (C=O) groups excluding carboxylic acids is 2. The van der Waals surface area contributed by atoms with E-state index in [0.717, 1.165) is 15.2 Å². The molecule has 2 aromatic carbocycles. The van der Waals surface area contributed by atoms with E-state index >= 15 is 0 Å². The number of para-hydroxylation sites is 1. The number of amides is 1. The summed E-state index contributed by atoms with van der Waals surface area (Å²) in [6.45, 7) is 0.302. The molecular formula is C24H22N2O4S. The van der Waals surface area contributed by atoms with Gasteiger partial charge in [-0.1, -0.05) is 12.1 Å². The van der Waals surface area contributed by atoms with Gasteiger partial charge in [-0.15, -0.1) is 11.3 Å². The summed E-state index contributed by atoms with van der Waals surface area (Å²) in [5.74, 6) is 1.97. The Kier molecular flexibility index (Phi) is 6.43. The number of Topliss-reactive ketones (excluding diaryl/α,β-unsaturated/α-hetero) is 1. The predicted molar refractivity (Wildman–Crippen MR) is 120 cm³/mol. The lowest BCUT2D eigenvalue weighted by Crippen LogP contribution is -2.22. The molecule has 158 valence electrons. The molecule has 0 atom stereocenters. The Hall–Kier alpha value is -3.45. The molecule has 0 saturated carbocycles. The largest absolute Gasteiger partial charge is 0.497 e. The average molecular weight is 435 g/mol. The van der Waals surface area contributed by atoms with Crippen LogP contribution in [-0.2, 0) is 11.3 Å². The van der Waals surface area contributed by atoms with Gasteiger partial charge < -0.3 is 14.5 Å². The summed E-state index contributed by atoms with van der Waals surface area (Å²) < 4.78 is 12.0. The van der Waals surface area contributed by atoms with Crippen molar-refractivity contribution < 1.29 is 18.7 Å². The number of ketones is 1. The van der Waals surface area contributed by atoms with E-state index in [-0.39, 0.29) is 18.1 Å². The molecule has 0 aliphatic heterocycles. The molecule has 0 saturated heterocycles. The van der Waals surface area contributed by atoms with Crippen LogP contribution in [0, 0.1) is 0 Å². The topological polar surface area (TPSA) is 81.4 Å². The van der Waals surface area contributed by atoms with E-state index in [1.807, 2.05) is 36.4 Å². The van der Waals surface area contributed by atoms with Gasteiger partial charge in [0, 0.05) is 18.4 Å². The van der Waals surface area contributed by atoms with Crippen molar-refractivity contribution in [3.63, 3.8) is 0 Å². The summed E-state index contributed by atoms with van der Waals surface area (Å²) in [4.78, 5) is 28.9. The third-order valence-corrected chi connectivity index (χ3v) is 5.90. The van der Waals surface area contributed by atoms with Crippen LogP contribution < -0.4 is 10.1 Å². The molecule has 2 heterocycles. The second-order valence-corrected chi connectivity index (χ2v) is 8.07. The molecule has 2 aromatic heterocycles. The minimum absolute atomic E-state index is 0.0157. The quantitative estimate of drug-likeness (QED) is 0.365. The number of rotatable bonds is 9. The Morgan fingerprint density at radius 3 is 2.61 bits per heavy atom. The molecule has 0 spiro atoms. The number of hydrogen-bond donors (Lipinski definition) is 1. The second kappa shape index (κ2) is 9.57. The van der Waals surface area contributed by atoms with Gasteiger partial charge >= 0.3 is 0 Å². The number of methoxy groups -OCH3 is 1. The minimum Gasteiger partial charge on any atom is -0.497 e. The SMILES string of the molecule is COc1ccc(C(=O)CCCC(=O)NCc2ccc(-c3nc4ccccc4s3)o2)cc1. The first-order valence-electron chi connectivity index (χ1n) is 10.0. The molecule has 31 heavy (non-hydrogen) atoms. The van der Waals surface area contributed by atoms with Crippen molar-refractivity contribution in [1.82, 2.24) is 10.3 Å².